The second-order valence-corrected chi connectivity index (χ2v) is 7.75. The van der Waals surface area contributed by atoms with Gasteiger partial charge in [-0.25, -0.2) is 0 Å². The molecule has 0 fully saturated rings. The molecule has 2 aromatic carbocycles. The van der Waals surface area contributed by atoms with Gasteiger partial charge in [0.1, 0.15) is 5.75 Å². The van der Waals surface area contributed by atoms with Crippen molar-refractivity contribution in [3.8, 4) is 11.4 Å². The van der Waals surface area contributed by atoms with Crippen LogP contribution in [-0.2, 0) is 0 Å². The summed E-state index contributed by atoms with van der Waals surface area (Å²) in [5.74, 6) is 0.833. The number of carbonyl (C=O) groups excluding carboxylic acids is 1. The van der Waals surface area contributed by atoms with Crippen molar-refractivity contribution in [1.82, 2.24) is 20.2 Å². The number of carbonyl (C=O) groups is 1. The van der Waals surface area contributed by atoms with Gasteiger partial charge in [-0.1, -0.05) is 17.8 Å². The Kier molecular flexibility index (Phi) is 5.60. The van der Waals surface area contributed by atoms with Gasteiger partial charge < -0.3 is 4.74 Å². The van der Waals surface area contributed by atoms with E-state index in [1.807, 2.05) is 51.1 Å². The van der Waals surface area contributed by atoms with Crippen molar-refractivity contribution in [2.75, 3.05) is 7.11 Å². The number of rotatable bonds is 6. The quantitative estimate of drug-likeness (QED) is 0.475. The molecule has 3 rings (SSSR count). The minimum Gasteiger partial charge on any atom is -0.497 e. The Hall–Kier alpha value is -2.67. The Labute approximate surface area is 162 Å². The molecule has 0 spiro atoms. The van der Waals surface area contributed by atoms with Crippen molar-refractivity contribution in [1.29, 1.82) is 0 Å². The average molecular weight is 382 g/mol. The average Bonchev–Trinajstić information content (AvgIpc) is 3.12. The molecule has 0 amide bonds. The highest BCUT2D eigenvalue weighted by molar-refractivity contribution is 8.00. The maximum Gasteiger partial charge on any atom is 0.214 e. The number of aryl methyl sites for hydroxylation is 3. The number of tetrazole rings is 1. The number of nitrogens with zero attached hydrogens (tertiary/aromatic N) is 4. The number of benzene rings is 2. The number of methoxy groups -OCH3 is 1. The molecule has 27 heavy (non-hydrogen) atoms. The minimum absolute atomic E-state index is 0.0740. The number of ether oxygens (including phenoxy) is 1. The summed E-state index contributed by atoms with van der Waals surface area (Å²) in [4.78, 5) is 13.0. The minimum atomic E-state index is -0.311. The maximum absolute atomic E-state index is 13.0. The molecule has 0 N–H and O–H groups in total. The van der Waals surface area contributed by atoms with Crippen LogP contribution >= 0.6 is 11.8 Å². The van der Waals surface area contributed by atoms with Gasteiger partial charge in [-0.15, -0.1) is 5.10 Å². The van der Waals surface area contributed by atoms with E-state index in [4.69, 9.17) is 4.74 Å². The fraction of sp³-hybridized carbons (Fsp3) is 0.300. The summed E-state index contributed by atoms with van der Waals surface area (Å²) in [6, 6.07) is 11.5. The molecule has 0 aliphatic heterocycles. The number of aromatic nitrogens is 4. The molecule has 0 aliphatic carbocycles. The van der Waals surface area contributed by atoms with E-state index in [0.29, 0.717) is 5.16 Å². The fourth-order valence-electron chi connectivity index (χ4n) is 2.79. The monoisotopic (exact) mass is 382 g/mol. The summed E-state index contributed by atoms with van der Waals surface area (Å²) >= 11 is 1.35. The first kappa shape index (κ1) is 19.1. The molecular weight excluding hydrogens is 360 g/mol. The van der Waals surface area contributed by atoms with Crippen LogP contribution in [0, 0.1) is 20.8 Å². The molecule has 0 bridgehead atoms. The van der Waals surface area contributed by atoms with Gasteiger partial charge in [0.05, 0.1) is 18.0 Å². The number of thioether (sulfide) groups is 1. The largest absolute Gasteiger partial charge is 0.497 e. The summed E-state index contributed by atoms with van der Waals surface area (Å²) in [5, 5.41) is 12.2. The highest BCUT2D eigenvalue weighted by atomic mass is 32.2. The number of ketones is 1. The molecule has 6 nitrogen and oxygen atoms in total. The summed E-state index contributed by atoms with van der Waals surface area (Å²) < 4.78 is 6.81. The summed E-state index contributed by atoms with van der Waals surface area (Å²) in [7, 11) is 1.62. The first-order valence-electron chi connectivity index (χ1n) is 8.62. The summed E-state index contributed by atoms with van der Waals surface area (Å²) in [6.07, 6.45) is 0. The molecule has 0 radical (unpaired) electrons. The Morgan fingerprint density at radius 3 is 2.41 bits per heavy atom. The third-order valence-corrected chi connectivity index (χ3v) is 5.55. The van der Waals surface area contributed by atoms with E-state index >= 15 is 0 Å². The second kappa shape index (κ2) is 7.92. The first-order valence-corrected chi connectivity index (χ1v) is 9.50. The number of hydrogen-bond acceptors (Lipinski definition) is 6. The SMILES string of the molecule is COc1ccc(-n2nnnc2S[C@@H](C)C(=O)c2cc(C)c(C)cc2C)cc1. The molecule has 7 heteroatoms. The highest BCUT2D eigenvalue weighted by Crippen LogP contribution is 2.27. The van der Waals surface area contributed by atoms with E-state index in [-0.39, 0.29) is 11.0 Å². The van der Waals surface area contributed by atoms with Gasteiger partial charge in [0.2, 0.25) is 5.16 Å². The van der Waals surface area contributed by atoms with E-state index in [0.717, 1.165) is 28.1 Å². The molecule has 140 valence electrons. The Morgan fingerprint density at radius 1 is 1.07 bits per heavy atom. The lowest BCUT2D eigenvalue weighted by molar-refractivity contribution is 0.0993. The van der Waals surface area contributed by atoms with Crippen LogP contribution in [0.3, 0.4) is 0 Å². The van der Waals surface area contributed by atoms with Crippen LogP contribution in [0.5, 0.6) is 5.75 Å². The lowest BCUT2D eigenvalue weighted by Gasteiger charge is -2.14. The van der Waals surface area contributed by atoms with E-state index in [1.165, 1.54) is 17.3 Å². The fourth-order valence-corrected chi connectivity index (χ4v) is 3.67. The molecule has 0 aliphatic rings. The van der Waals surface area contributed by atoms with Gasteiger partial charge >= 0.3 is 0 Å². The zero-order valence-corrected chi connectivity index (χ0v) is 16.9. The van der Waals surface area contributed by atoms with Crippen LogP contribution in [0.2, 0.25) is 0 Å². The molecular formula is C20H22N4O2S. The van der Waals surface area contributed by atoms with Gasteiger partial charge in [-0.2, -0.15) is 4.68 Å². The van der Waals surface area contributed by atoms with Crippen molar-refractivity contribution >= 4 is 17.5 Å². The maximum atomic E-state index is 13.0. The van der Waals surface area contributed by atoms with Crippen molar-refractivity contribution in [2.24, 2.45) is 0 Å². The smallest absolute Gasteiger partial charge is 0.214 e. The van der Waals surface area contributed by atoms with E-state index in [1.54, 1.807) is 11.8 Å². The summed E-state index contributed by atoms with van der Waals surface area (Å²) in [6.45, 7) is 7.93. The topological polar surface area (TPSA) is 69.9 Å². The van der Waals surface area contributed by atoms with E-state index in [2.05, 4.69) is 28.5 Å². The van der Waals surface area contributed by atoms with Gasteiger partial charge in [-0.05, 0) is 85.1 Å². The van der Waals surface area contributed by atoms with Crippen molar-refractivity contribution in [3.63, 3.8) is 0 Å². The first-order chi connectivity index (χ1) is 12.9. The standard InChI is InChI=1S/C20H22N4O2S/c1-12-10-14(3)18(11-13(12)2)19(25)15(4)27-20-21-22-23-24(20)16-6-8-17(26-5)9-7-16/h6-11,15H,1-5H3/t15-/m0/s1. The van der Waals surface area contributed by atoms with Crippen LogP contribution in [0.4, 0.5) is 0 Å². The van der Waals surface area contributed by atoms with Gasteiger partial charge in [0.25, 0.3) is 0 Å². The predicted octanol–water partition coefficient (Wildman–Crippen LogP) is 3.96. The molecule has 0 saturated heterocycles. The van der Waals surface area contributed by atoms with Gasteiger partial charge in [0, 0.05) is 5.56 Å². The number of Topliss-reactive ketones (excluding diaryl/α,β-unsaturated/α-hetero) is 1. The summed E-state index contributed by atoms with van der Waals surface area (Å²) in [5.41, 5.74) is 4.86. The van der Waals surface area contributed by atoms with Crippen LogP contribution in [0.25, 0.3) is 5.69 Å². The third-order valence-electron chi connectivity index (χ3n) is 4.52. The number of hydrogen-bond donors (Lipinski definition) is 0. The molecule has 3 aromatic rings. The lowest BCUT2D eigenvalue weighted by Crippen LogP contribution is -2.16. The highest BCUT2D eigenvalue weighted by Gasteiger charge is 2.22. The van der Waals surface area contributed by atoms with E-state index in [9.17, 15) is 4.79 Å². The van der Waals surface area contributed by atoms with Gasteiger partial charge in [-0.3, -0.25) is 4.79 Å². The third kappa shape index (κ3) is 4.03. The van der Waals surface area contributed by atoms with Crippen LogP contribution in [0.1, 0.15) is 34.0 Å². The zero-order valence-electron chi connectivity index (χ0n) is 16.1. The lowest BCUT2D eigenvalue weighted by atomic mass is 9.97. The van der Waals surface area contributed by atoms with Gasteiger partial charge in [0.15, 0.2) is 5.78 Å². The van der Waals surface area contributed by atoms with Crippen LogP contribution < -0.4 is 4.74 Å². The van der Waals surface area contributed by atoms with Crippen LogP contribution in [-0.4, -0.2) is 38.4 Å². The Morgan fingerprint density at radius 2 is 1.74 bits per heavy atom. The molecule has 0 saturated carbocycles. The Balaban J connectivity index is 1.82. The zero-order chi connectivity index (χ0) is 19.6. The molecule has 0 unspecified atom stereocenters. The normalized spacial score (nSPS) is 12.0. The molecule has 1 aromatic heterocycles. The molecule has 1 heterocycles. The van der Waals surface area contributed by atoms with Crippen molar-refractivity contribution in [2.45, 2.75) is 38.1 Å². The molecule has 1 atom stereocenters. The predicted molar refractivity (Wildman–Crippen MR) is 106 cm³/mol. The second-order valence-electron chi connectivity index (χ2n) is 6.45. The van der Waals surface area contributed by atoms with Crippen molar-refractivity contribution in [3.05, 3.63) is 58.7 Å². The van der Waals surface area contributed by atoms with Crippen molar-refractivity contribution < 1.29 is 9.53 Å². The Bertz CT molecular complexity index is 967. The van der Waals surface area contributed by atoms with Crippen LogP contribution in [0.15, 0.2) is 41.6 Å². The van der Waals surface area contributed by atoms with E-state index < -0.39 is 0 Å².